The Balaban J connectivity index is 1.86. The Labute approximate surface area is 119 Å². The molecule has 0 spiro atoms. The lowest BCUT2D eigenvalue weighted by Gasteiger charge is -2.13. The lowest BCUT2D eigenvalue weighted by Crippen LogP contribution is -2.24. The minimum absolute atomic E-state index is 0.193. The van der Waals surface area contributed by atoms with E-state index in [1.807, 2.05) is 18.2 Å². The third-order valence-corrected chi connectivity index (χ3v) is 3.90. The second-order valence-electron chi connectivity index (χ2n) is 4.51. The lowest BCUT2D eigenvalue weighted by molar-refractivity contribution is 0.844. The van der Waals surface area contributed by atoms with Crippen molar-refractivity contribution in [3.8, 4) is 0 Å². The molecule has 6 nitrogen and oxygen atoms in total. The predicted octanol–water partition coefficient (Wildman–Crippen LogP) is 1.66. The first-order valence-corrected chi connectivity index (χ1v) is 7.48. The number of nitrogens with zero attached hydrogens (tertiary/aromatic N) is 2. The Morgan fingerprint density at radius 1 is 1.30 bits per heavy atom. The zero-order valence-electron chi connectivity index (χ0n) is 11.1. The topological polar surface area (TPSA) is 85.4 Å². The zero-order chi connectivity index (χ0) is 13.9. The van der Waals surface area contributed by atoms with Crippen molar-refractivity contribution < 1.29 is 0 Å². The van der Waals surface area contributed by atoms with Crippen molar-refractivity contribution in [1.82, 2.24) is 15.3 Å². The minimum atomic E-state index is -0.193. The monoisotopic (exact) mass is 289 g/mol. The quantitative estimate of drug-likeness (QED) is 0.803. The van der Waals surface area contributed by atoms with Crippen LogP contribution in [0.3, 0.4) is 0 Å². The van der Waals surface area contributed by atoms with E-state index in [1.54, 1.807) is 11.8 Å². The molecule has 0 amide bonds. The smallest absolute Gasteiger partial charge is 0.323 e. The Morgan fingerprint density at radius 2 is 2.15 bits per heavy atom. The average Bonchev–Trinajstić information content (AvgIpc) is 2.84. The SMILES string of the molecule is CCCNC1=NN=C(c2ccc3[nH]c(=O)[nH]c3c2)CS1. The number of aromatic nitrogens is 2. The van der Waals surface area contributed by atoms with Crippen LogP contribution in [0.25, 0.3) is 11.0 Å². The van der Waals surface area contributed by atoms with Gasteiger partial charge in [0.25, 0.3) is 0 Å². The number of fused-ring (bicyclic) bond motifs is 1. The van der Waals surface area contributed by atoms with E-state index in [1.165, 1.54) is 0 Å². The third-order valence-electron chi connectivity index (χ3n) is 2.98. The maximum Gasteiger partial charge on any atom is 0.323 e. The lowest BCUT2D eigenvalue weighted by atomic mass is 10.1. The van der Waals surface area contributed by atoms with Crippen LogP contribution in [0.4, 0.5) is 0 Å². The zero-order valence-corrected chi connectivity index (χ0v) is 11.9. The van der Waals surface area contributed by atoms with Crippen LogP contribution in [0.15, 0.2) is 33.2 Å². The van der Waals surface area contributed by atoms with Crippen molar-refractivity contribution in [2.45, 2.75) is 13.3 Å². The van der Waals surface area contributed by atoms with Crippen molar-refractivity contribution in [2.24, 2.45) is 10.2 Å². The van der Waals surface area contributed by atoms with Crippen LogP contribution in [0.2, 0.25) is 0 Å². The average molecular weight is 289 g/mol. The molecular formula is C13H15N5OS. The van der Waals surface area contributed by atoms with Crippen molar-refractivity contribution in [3.63, 3.8) is 0 Å². The van der Waals surface area contributed by atoms with Gasteiger partial charge in [0.2, 0.25) is 0 Å². The molecule has 0 aliphatic carbocycles. The van der Waals surface area contributed by atoms with Crippen LogP contribution in [0.1, 0.15) is 18.9 Å². The summed E-state index contributed by atoms with van der Waals surface area (Å²) in [5.74, 6) is 0.774. The van der Waals surface area contributed by atoms with E-state index in [-0.39, 0.29) is 5.69 Å². The van der Waals surface area contributed by atoms with E-state index in [4.69, 9.17) is 0 Å². The van der Waals surface area contributed by atoms with Gasteiger partial charge in [0.15, 0.2) is 5.17 Å². The van der Waals surface area contributed by atoms with Gasteiger partial charge in [-0.1, -0.05) is 24.8 Å². The second-order valence-corrected chi connectivity index (χ2v) is 5.47. The number of aromatic amines is 2. The normalized spacial score (nSPS) is 15.1. The van der Waals surface area contributed by atoms with E-state index >= 15 is 0 Å². The molecule has 3 rings (SSSR count). The maximum absolute atomic E-state index is 11.2. The van der Waals surface area contributed by atoms with Gasteiger partial charge >= 0.3 is 5.69 Å². The molecule has 0 saturated heterocycles. The van der Waals surface area contributed by atoms with Crippen molar-refractivity contribution >= 4 is 33.7 Å². The van der Waals surface area contributed by atoms with Crippen LogP contribution in [-0.2, 0) is 0 Å². The van der Waals surface area contributed by atoms with Gasteiger partial charge in [0.05, 0.1) is 16.7 Å². The Hall–Kier alpha value is -2.02. The molecule has 3 N–H and O–H groups in total. The van der Waals surface area contributed by atoms with E-state index in [2.05, 4.69) is 32.4 Å². The largest absolute Gasteiger partial charge is 0.363 e. The Bertz CT molecular complexity index is 743. The number of hydrogen-bond acceptors (Lipinski definition) is 5. The number of rotatable bonds is 3. The maximum atomic E-state index is 11.2. The molecule has 2 heterocycles. The van der Waals surface area contributed by atoms with E-state index in [9.17, 15) is 4.79 Å². The molecule has 1 aliphatic heterocycles. The highest BCUT2D eigenvalue weighted by Gasteiger charge is 2.12. The molecule has 2 aromatic rings. The van der Waals surface area contributed by atoms with Gasteiger partial charge in [-0.2, -0.15) is 5.10 Å². The molecule has 20 heavy (non-hydrogen) atoms. The summed E-state index contributed by atoms with van der Waals surface area (Å²) in [6.07, 6.45) is 1.06. The number of hydrogen-bond donors (Lipinski definition) is 3. The van der Waals surface area contributed by atoms with Gasteiger partial charge in [-0.15, -0.1) is 5.10 Å². The first-order valence-electron chi connectivity index (χ1n) is 6.50. The number of nitrogens with one attached hydrogen (secondary N) is 3. The molecule has 0 saturated carbocycles. The van der Waals surface area contributed by atoms with Crippen molar-refractivity contribution in [3.05, 3.63) is 34.2 Å². The molecule has 7 heteroatoms. The first-order chi connectivity index (χ1) is 9.76. The number of imidazole rings is 1. The summed E-state index contributed by atoms with van der Waals surface area (Å²) in [4.78, 5) is 16.7. The van der Waals surface area contributed by atoms with E-state index < -0.39 is 0 Å². The summed E-state index contributed by atoms with van der Waals surface area (Å²) >= 11 is 1.65. The van der Waals surface area contributed by atoms with Gasteiger partial charge < -0.3 is 15.3 Å². The van der Waals surface area contributed by atoms with Crippen LogP contribution in [0, 0.1) is 0 Å². The highest BCUT2D eigenvalue weighted by molar-refractivity contribution is 8.14. The molecule has 104 valence electrons. The summed E-state index contributed by atoms with van der Waals surface area (Å²) in [5, 5.41) is 12.6. The van der Waals surface area contributed by atoms with Crippen LogP contribution >= 0.6 is 11.8 Å². The number of benzene rings is 1. The predicted molar refractivity (Wildman–Crippen MR) is 83.6 cm³/mol. The summed E-state index contributed by atoms with van der Waals surface area (Å²) in [7, 11) is 0. The molecule has 0 bridgehead atoms. The van der Waals surface area contributed by atoms with E-state index in [0.29, 0.717) is 0 Å². The molecular weight excluding hydrogens is 274 g/mol. The summed E-state index contributed by atoms with van der Waals surface area (Å²) in [6, 6.07) is 5.75. The van der Waals surface area contributed by atoms with Gasteiger partial charge in [0.1, 0.15) is 0 Å². The number of thioether (sulfide) groups is 1. The van der Waals surface area contributed by atoms with Crippen LogP contribution < -0.4 is 11.0 Å². The molecule has 1 aliphatic rings. The molecule has 1 aromatic carbocycles. The van der Waals surface area contributed by atoms with Gasteiger partial charge in [0, 0.05) is 17.9 Å². The van der Waals surface area contributed by atoms with Gasteiger partial charge in [-0.25, -0.2) is 4.79 Å². The van der Waals surface area contributed by atoms with Crippen molar-refractivity contribution in [2.75, 3.05) is 12.3 Å². The first kappa shape index (κ1) is 13.0. The van der Waals surface area contributed by atoms with Crippen LogP contribution in [0.5, 0.6) is 0 Å². The number of amidine groups is 1. The van der Waals surface area contributed by atoms with Crippen LogP contribution in [-0.4, -0.2) is 33.1 Å². The molecule has 0 fully saturated rings. The standard InChI is InChI=1S/C13H15N5OS/c1-2-5-14-13-18-17-11(7-20-13)8-3-4-9-10(6-8)16-12(19)15-9/h3-4,6H,2,5,7H2,1H3,(H,14,18)(H2,15,16,19). The summed E-state index contributed by atoms with van der Waals surface area (Å²) in [6.45, 7) is 3.02. The van der Waals surface area contributed by atoms with Gasteiger partial charge in [-0.3, -0.25) is 0 Å². The Kier molecular flexibility index (Phi) is 3.60. The molecule has 0 radical (unpaired) electrons. The van der Waals surface area contributed by atoms with E-state index in [0.717, 1.165) is 46.2 Å². The second kappa shape index (κ2) is 5.54. The number of H-pyrrole nitrogens is 2. The fourth-order valence-electron chi connectivity index (χ4n) is 1.97. The third kappa shape index (κ3) is 2.62. The van der Waals surface area contributed by atoms with Crippen molar-refractivity contribution in [1.29, 1.82) is 0 Å². The fourth-order valence-corrected chi connectivity index (χ4v) is 2.77. The molecule has 0 unspecified atom stereocenters. The summed E-state index contributed by atoms with van der Waals surface area (Å²) < 4.78 is 0. The Morgan fingerprint density at radius 3 is 2.90 bits per heavy atom. The summed E-state index contributed by atoms with van der Waals surface area (Å²) in [5.41, 5.74) is 3.30. The molecule has 1 aromatic heterocycles. The fraction of sp³-hybridized carbons (Fsp3) is 0.308. The highest BCUT2D eigenvalue weighted by atomic mass is 32.2. The highest BCUT2D eigenvalue weighted by Crippen LogP contribution is 2.17. The molecule has 0 atom stereocenters. The van der Waals surface area contributed by atoms with Gasteiger partial charge in [-0.05, 0) is 18.6 Å². The minimum Gasteiger partial charge on any atom is -0.363 e.